The molecule has 0 heterocycles. The number of amides is 1. The number of ether oxygens (including phenoxy) is 1. The fourth-order valence-corrected chi connectivity index (χ4v) is 3.13. The first-order valence-corrected chi connectivity index (χ1v) is 8.31. The second-order valence-electron chi connectivity index (χ2n) is 6.16. The molecule has 1 aromatic rings. The second-order valence-corrected chi connectivity index (χ2v) is 6.16. The first-order chi connectivity index (χ1) is 10.6. The van der Waals surface area contributed by atoms with Crippen LogP contribution in [0.2, 0.25) is 0 Å². The normalized spacial score (nSPS) is 21.4. The second kappa shape index (κ2) is 8.18. The number of benzene rings is 1. The summed E-state index contributed by atoms with van der Waals surface area (Å²) in [6.07, 6.45) is 4.39. The monoisotopic (exact) mass is 304 g/mol. The molecule has 0 aliphatic heterocycles. The Labute approximate surface area is 133 Å². The molecule has 0 atom stereocenters. The number of nitrogens with one attached hydrogen (secondary N) is 2. The van der Waals surface area contributed by atoms with E-state index in [-0.39, 0.29) is 5.91 Å². The lowest BCUT2D eigenvalue weighted by Gasteiger charge is -2.29. The SMILES string of the molecule is CCOc1ccc(CNC2CCC(NC(C)=O)CC2)cc1C. The molecule has 22 heavy (non-hydrogen) atoms. The number of aryl methyl sites for hydroxylation is 1. The summed E-state index contributed by atoms with van der Waals surface area (Å²) in [5, 5.41) is 6.66. The van der Waals surface area contributed by atoms with Crippen LogP contribution in [0.15, 0.2) is 18.2 Å². The Morgan fingerprint density at radius 2 is 1.91 bits per heavy atom. The van der Waals surface area contributed by atoms with Crippen LogP contribution in [-0.2, 0) is 11.3 Å². The third-order valence-corrected chi connectivity index (χ3v) is 4.27. The molecule has 1 fully saturated rings. The van der Waals surface area contributed by atoms with Gasteiger partial charge in [0.25, 0.3) is 0 Å². The van der Waals surface area contributed by atoms with Crippen LogP contribution < -0.4 is 15.4 Å². The summed E-state index contributed by atoms with van der Waals surface area (Å²) in [5.41, 5.74) is 2.49. The fraction of sp³-hybridized carbons (Fsp3) is 0.611. The molecular formula is C18H28N2O2. The Morgan fingerprint density at radius 3 is 2.50 bits per heavy atom. The Kier molecular flexibility index (Phi) is 6.25. The molecule has 1 saturated carbocycles. The Balaban J connectivity index is 1.77. The Hall–Kier alpha value is -1.55. The zero-order valence-electron chi connectivity index (χ0n) is 13.9. The molecule has 4 heteroatoms. The van der Waals surface area contributed by atoms with Crippen molar-refractivity contribution in [1.82, 2.24) is 10.6 Å². The van der Waals surface area contributed by atoms with E-state index in [4.69, 9.17) is 4.74 Å². The van der Waals surface area contributed by atoms with Crippen molar-refractivity contribution in [1.29, 1.82) is 0 Å². The highest BCUT2D eigenvalue weighted by atomic mass is 16.5. The van der Waals surface area contributed by atoms with E-state index in [0.717, 1.165) is 38.0 Å². The van der Waals surface area contributed by atoms with Crippen LogP contribution >= 0.6 is 0 Å². The molecule has 1 aromatic carbocycles. The molecule has 1 aliphatic rings. The third-order valence-electron chi connectivity index (χ3n) is 4.27. The minimum Gasteiger partial charge on any atom is -0.494 e. The third kappa shape index (κ3) is 5.02. The predicted octanol–water partition coefficient (Wildman–Crippen LogP) is 2.93. The van der Waals surface area contributed by atoms with E-state index in [9.17, 15) is 4.79 Å². The maximum atomic E-state index is 11.1. The van der Waals surface area contributed by atoms with Crippen LogP contribution in [0.1, 0.15) is 50.7 Å². The maximum absolute atomic E-state index is 11.1. The van der Waals surface area contributed by atoms with Gasteiger partial charge in [0.15, 0.2) is 0 Å². The highest BCUT2D eigenvalue weighted by molar-refractivity contribution is 5.73. The van der Waals surface area contributed by atoms with Gasteiger partial charge in [-0.3, -0.25) is 4.79 Å². The van der Waals surface area contributed by atoms with Crippen LogP contribution in [0.4, 0.5) is 0 Å². The molecule has 4 nitrogen and oxygen atoms in total. The smallest absolute Gasteiger partial charge is 0.217 e. The number of rotatable bonds is 6. The van der Waals surface area contributed by atoms with E-state index < -0.39 is 0 Å². The van der Waals surface area contributed by atoms with E-state index in [1.54, 1.807) is 6.92 Å². The molecular weight excluding hydrogens is 276 g/mol. The number of carbonyl (C=O) groups excluding carboxylic acids is 1. The topological polar surface area (TPSA) is 50.4 Å². The van der Waals surface area contributed by atoms with Gasteiger partial charge in [0.2, 0.25) is 5.91 Å². The van der Waals surface area contributed by atoms with Gasteiger partial charge in [-0.2, -0.15) is 0 Å². The van der Waals surface area contributed by atoms with Gasteiger partial charge in [-0.25, -0.2) is 0 Å². The zero-order valence-corrected chi connectivity index (χ0v) is 13.9. The highest BCUT2D eigenvalue weighted by Crippen LogP contribution is 2.21. The van der Waals surface area contributed by atoms with Crippen LogP contribution in [-0.4, -0.2) is 24.6 Å². The van der Waals surface area contributed by atoms with Crippen LogP contribution in [0.25, 0.3) is 0 Å². The van der Waals surface area contributed by atoms with Crippen molar-refractivity contribution in [3.63, 3.8) is 0 Å². The molecule has 2 N–H and O–H groups in total. The average molecular weight is 304 g/mol. The van der Waals surface area contributed by atoms with Gasteiger partial charge in [0.1, 0.15) is 5.75 Å². The van der Waals surface area contributed by atoms with Crippen molar-refractivity contribution in [2.24, 2.45) is 0 Å². The first kappa shape index (κ1) is 16.8. The zero-order chi connectivity index (χ0) is 15.9. The minimum atomic E-state index is 0.0845. The lowest BCUT2D eigenvalue weighted by molar-refractivity contribution is -0.119. The lowest BCUT2D eigenvalue weighted by atomic mass is 9.91. The van der Waals surface area contributed by atoms with Crippen LogP contribution in [0.3, 0.4) is 0 Å². The molecule has 0 aromatic heterocycles. The summed E-state index contributed by atoms with van der Waals surface area (Å²) in [6.45, 7) is 7.29. The quantitative estimate of drug-likeness (QED) is 0.849. The summed E-state index contributed by atoms with van der Waals surface area (Å²) in [5.74, 6) is 1.06. The summed E-state index contributed by atoms with van der Waals surface area (Å²) in [6, 6.07) is 7.30. The number of hydrogen-bond donors (Lipinski definition) is 2. The lowest BCUT2D eigenvalue weighted by Crippen LogP contribution is -2.41. The molecule has 2 rings (SSSR count). The van der Waals surface area contributed by atoms with Crippen LogP contribution in [0, 0.1) is 6.92 Å². The van der Waals surface area contributed by atoms with E-state index in [1.807, 2.05) is 6.92 Å². The summed E-state index contributed by atoms with van der Waals surface area (Å²) < 4.78 is 5.57. The number of carbonyl (C=O) groups is 1. The minimum absolute atomic E-state index is 0.0845. The molecule has 0 spiro atoms. The summed E-state index contributed by atoms with van der Waals surface area (Å²) in [7, 11) is 0. The Bertz CT molecular complexity index is 494. The molecule has 0 saturated heterocycles. The van der Waals surface area contributed by atoms with Crippen molar-refractivity contribution in [2.45, 2.75) is 65.1 Å². The molecule has 0 bridgehead atoms. The van der Waals surface area contributed by atoms with Gasteiger partial charge in [-0.1, -0.05) is 12.1 Å². The molecule has 1 aliphatic carbocycles. The van der Waals surface area contributed by atoms with Crippen LogP contribution in [0.5, 0.6) is 5.75 Å². The van der Waals surface area contributed by atoms with Gasteiger partial charge in [-0.15, -0.1) is 0 Å². The van der Waals surface area contributed by atoms with E-state index in [0.29, 0.717) is 18.7 Å². The van der Waals surface area contributed by atoms with Crippen molar-refractivity contribution < 1.29 is 9.53 Å². The first-order valence-electron chi connectivity index (χ1n) is 8.31. The molecule has 122 valence electrons. The largest absolute Gasteiger partial charge is 0.494 e. The van der Waals surface area contributed by atoms with E-state index in [1.165, 1.54) is 11.1 Å². The van der Waals surface area contributed by atoms with Gasteiger partial charge >= 0.3 is 0 Å². The van der Waals surface area contributed by atoms with Crippen molar-refractivity contribution in [2.75, 3.05) is 6.61 Å². The van der Waals surface area contributed by atoms with Gasteiger partial charge in [-0.05, 0) is 56.7 Å². The number of hydrogen-bond acceptors (Lipinski definition) is 3. The molecule has 0 unspecified atom stereocenters. The van der Waals surface area contributed by atoms with Crippen molar-refractivity contribution in [3.8, 4) is 5.75 Å². The van der Waals surface area contributed by atoms with Crippen molar-refractivity contribution >= 4 is 5.91 Å². The average Bonchev–Trinajstić information content (AvgIpc) is 2.49. The molecule has 1 amide bonds. The highest BCUT2D eigenvalue weighted by Gasteiger charge is 2.21. The standard InChI is InChI=1S/C18H28N2O2/c1-4-22-18-10-5-15(11-13(18)2)12-19-16-6-8-17(9-7-16)20-14(3)21/h5,10-11,16-17,19H,4,6-9,12H2,1-3H3,(H,20,21). The van der Waals surface area contributed by atoms with Gasteiger partial charge in [0.05, 0.1) is 6.61 Å². The summed E-state index contributed by atoms with van der Waals surface area (Å²) >= 11 is 0. The maximum Gasteiger partial charge on any atom is 0.217 e. The fourth-order valence-electron chi connectivity index (χ4n) is 3.13. The molecule has 0 radical (unpaired) electrons. The van der Waals surface area contributed by atoms with E-state index >= 15 is 0 Å². The van der Waals surface area contributed by atoms with Gasteiger partial charge in [0, 0.05) is 25.6 Å². The van der Waals surface area contributed by atoms with Crippen molar-refractivity contribution in [3.05, 3.63) is 29.3 Å². The Morgan fingerprint density at radius 1 is 1.23 bits per heavy atom. The summed E-state index contributed by atoms with van der Waals surface area (Å²) in [4.78, 5) is 11.1. The van der Waals surface area contributed by atoms with E-state index in [2.05, 4.69) is 35.8 Å². The van der Waals surface area contributed by atoms with Gasteiger partial charge < -0.3 is 15.4 Å². The predicted molar refractivity (Wildman–Crippen MR) is 89.0 cm³/mol.